The van der Waals surface area contributed by atoms with Gasteiger partial charge in [0.05, 0.1) is 18.6 Å². The van der Waals surface area contributed by atoms with E-state index in [1.54, 1.807) is 6.20 Å². The summed E-state index contributed by atoms with van der Waals surface area (Å²) in [4.78, 5) is 11.1. The summed E-state index contributed by atoms with van der Waals surface area (Å²) in [7, 11) is 4.05. The average Bonchev–Trinajstić information content (AvgIpc) is 3.35. The lowest BCUT2D eigenvalue weighted by atomic mass is 10.1. The van der Waals surface area contributed by atoms with E-state index in [2.05, 4.69) is 83.1 Å². The normalized spacial score (nSPS) is 11.9. The maximum atomic E-state index is 4.86. The molecular weight excluding hydrogens is 374 g/mol. The molecule has 2 heterocycles. The van der Waals surface area contributed by atoms with E-state index in [-0.39, 0.29) is 0 Å². The third-order valence-corrected chi connectivity index (χ3v) is 4.95. The fraction of sp³-hybridized carbons (Fsp3) is 0.435. The number of aromatic nitrogens is 4. The summed E-state index contributed by atoms with van der Waals surface area (Å²) in [5.74, 6) is 1.30. The number of imidazole rings is 1. The van der Waals surface area contributed by atoms with Crippen molar-refractivity contribution in [2.24, 2.45) is 12.0 Å². The van der Waals surface area contributed by atoms with Crippen LogP contribution in [-0.4, -0.2) is 43.8 Å². The predicted octanol–water partition coefficient (Wildman–Crippen LogP) is 3.39. The van der Waals surface area contributed by atoms with Gasteiger partial charge in [-0.25, -0.2) is 9.98 Å². The summed E-state index contributed by atoms with van der Waals surface area (Å²) in [5, 5.41) is 8.03. The zero-order chi connectivity index (χ0) is 21.5. The van der Waals surface area contributed by atoms with Crippen LogP contribution in [0.15, 0.2) is 54.2 Å². The second-order valence-electron chi connectivity index (χ2n) is 7.95. The van der Waals surface area contributed by atoms with Crippen LogP contribution in [0.4, 0.5) is 0 Å². The van der Waals surface area contributed by atoms with Crippen molar-refractivity contribution in [1.29, 1.82) is 0 Å². The number of hydrogen-bond donors (Lipinski definition) is 1. The van der Waals surface area contributed by atoms with Crippen molar-refractivity contribution in [1.82, 2.24) is 29.5 Å². The van der Waals surface area contributed by atoms with Gasteiger partial charge in [0.15, 0.2) is 5.96 Å². The van der Waals surface area contributed by atoms with Crippen LogP contribution in [0.25, 0.3) is 0 Å². The Morgan fingerprint density at radius 1 is 1.20 bits per heavy atom. The quantitative estimate of drug-likeness (QED) is 0.459. The Morgan fingerprint density at radius 2 is 1.93 bits per heavy atom. The van der Waals surface area contributed by atoms with E-state index in [0.717, 1.165) is 31.3 Å². The number of nitrogens with zero attached hydrogens (tertiary/aromatic N) is 6. The number of rotatable bonds is 8. The van der Waals surface area contributed by atoms with Gasteiger partial charge >= 0.3 is 0 Å². The third kappa shape index (κ3) is 5.72. The largest absolute Gasteiger partial charge is 0.357 e. The lowest BCUT2D eigenvalue weighted by Gasteiger charge is -2.22. The van der Waals surface area contributed by atoms with Crippen LogP contribution in [-0.2, 0) is 26.7 Å². The van der Waals surface area contributed by atoms with E-state index in [9.17, 15) is 0 Å². The molecule has 0 aliphatic carbocycles. The van der Waals surface area contributed by atoms with Crippen molar-refractivity contribution in [2.45, 2.75) is 46.3 Å². The Balaban J connectivity index is 1.66. The minimum Gasteiger partial charge on any atom is -0.357 e. The molecule has 1 aromatic carbocycles. The highest BCUT2D eigenvalue weighted by Crippen LogP contribution is 2.18. The number of benzene rings is 1. The first kappa shape index (κ1) is 21.6. The van der Waals surface area contributed by atoms with Crippen molar-refractivity contribution >= 4 is 5.96 Å². The summed E-state index contributed by atoms with van der Waals surface area (Å²) in [5.41, 5.74) is 4.83. The maximum Gasteiger partial charge on any atom is 0.194 e. The SMILES string of the molecule is CCNC(=NCc1ccc(Cn2ccnc2)cc1)N(C)Cc1cn(C)nc1C(C)C. The molecule has 7 heteroatoms. The highest BCUT2D eigenvalue weighted by Gasteiger charge is 2.15. The molecule has 0 saturated carbocycles. The van der Waals surface area contributed by atoms with Gasteiger partial charge in [-0.1, -0.05) is 38.1 Å². The molecule has 3 aromatic rings. The molecule has 0 fully saturated rings. The van der Waals surface area contributed by atoms with Crippen molar-refractivity contribution in [3.63, 3.8) is 0 Å². The van der Waals surface area contributed by atoms with Crippen LogP contribution in [0, 0.1) is 0 Å². The molecule has 7 nitrogen and oxygen atoms in total. The van der Waals surface area contributed by atoms with E-state index in [0.29, 0.717) is 12.5 Å². The topological polar surface area (TPSA) is 63.3 Å². The highest BCUT2D eigenvalue weighted by molar-refractivity contribution is 5.79. The third-order valence-electron chi connectivity index (χ3n) is 4.95. The fourth-order valence-electron chi connectivity index (χ4n) is 3.47. The van der Waals surface area contributed by atoms with E-state index < -0.39 is 0 Å². The molecule has 1 N–H and O–H groups in total. The average molecular weight is 408 g/mol. The van der Waals surface area contributed by atoms with Crippen LogP contribution in [0.1, 0.15) is 49.1 Å². The summed E-state index contributed by atoms with van der Waals surface area (Å²) < 4.78 is 3.96. The Hall–Kier alpha value is -3.09. The molecule has 0 aliphatic rings. The van der Waals surface area contributed by atoms with Crippen molar-refractivity contribution in [3.8, 4) is 0 Å². The first-order valence-corrected chi connectivity index (χ1v) is 10.5. The molecule has 0 aliphatic heterocycles. The molecule has 0 radical (unpaired) electrons. The summed E-state index contributed by atoms with van der Waals surface area (Å²) in [6, 6.07) is 8.62. The van der Waals surface area contributed by atoms with E-state index in [1.807, 2.05) is 24.3 Å². The smallest absolute Gasteiger partial charge is 0.194 e. The molecule has 0 atom stereocenters. The van der Waals surface area contributed by atoms with Crippen LogP contribution in [0.3, 0.4) is 0 Å². The molecule has 160 valence electrons. The second-order valence-corrected chi connectivity index (χ2v) is 7.95. The highest BCUT2D eigenvalue weighted by atomic mass is 15.3. The van der Waals surface area contributed by atoms with Gasteiger partial charge in [0.1, 0.15) is 0 Å². The van der Waals surface area contributed by atoms with Crippen LogP contribution >= 0.6 is 0 Å². The first-order valence-electron chi connectivity index (χ1n) is 10.5. The zero-order valence-electron chi connectivity index (χ0n) is 18.7. The lowest BCUT2D eigenvalue weighted by Crippen LogP contribution is -2.38. The summed E-state index contributed by atoms with van der Waals surface area (Å²) in [6.07, 6.45) is 7.72. The number of guanidine groups is 1. The molecule has 0 spiro atoms. The van der Waals surface area contributed by atoms with Gasteiger partial charge in [-0.05, 0) is 24.0 Å². The van der Waals surface area contributed by atoms with Gasteiger partial charge in [-0.2, -0.15) is 5.10 Å². The van der Waals surface area contributed by atoms with Gasteiger partial charge in [0, 0.05) is 57.9 Å². The molecular formula is C23H33N7. The number of aliphatic imine (C=N–C) groups is 1. The predicted molar refractivity (Wildman–Crippen MR) is 121 cm³/mol. The summed E-state index contributed by atoms with van der Waals surface area (Å²) in [6.45, 7) is 9.54. The van der Waals surface area contributed by atoms with Gasteiger partial charge in [-0.15, -0.1) is 0 Å². The molecule has 0 unspecified atom stereocenters. The van der Waals surface area contributed by atoms with Gasteiger partial charge in [-0.3, -0.25) is 4.68 Å². The Labute approximate surface area is 179 Å². The Bertz CT molecular complexity index is 937. The number of hydrogen-bond acceptors (Lipinski definition) is 3. The maximum absolute atomic E-state index is 4.86. The van der Waals surface area contributed by atoms with Crippen LogP contribution in [0.5, 0.6) is 0 Å². The second kappa shape index (κ2) is 10.1. The molecule has 30 heavy (non-hydrogen) atoms. The minimum absolute atomic E-state index is 0.398. The van der Waals surface area contributed by atoms with Crippen molar-refractivity contribution < 1.29 is 0 Å². The molecule has 0 amide bonds. The number of nitrogens with one attached hydrogen (secondary N) is 1. The lowest BCUT2D eigenvalue weighted by molar-refractivity contribution is 0.473. The standard InChI is InChI=1S/C23H33N7/c1-6-25-23(28(4)15-21-16-29(5)27-22(21)18(2)3)26-13-19-7-9-20(10-8-19)14-30-12-11-24-17-30/h7-12,16-18H,6,13-15H2,1-5H3,(H,25,26). The molecule has 0 saturated heterocycles. The molecule has 0 bridgehead atoms. The number of aryl methyl sites for hydroxylation is 1. The molecule has 2 aromatic heterocycles. The van der Waals surface area contributed by atoms with Gasteiger partial charge in [0.25, 0.3) is 0 Å². The van der Waals surface area contributed by atoms with Gasteiger partial charge < -0.3 is 14.8 Å². The first-order chi connectivity index (χ1) is 14.5. The Morgan fingerprint density at radius 3 is 2.57 bits per heavy atom. The monoisotopic (exact) mass is 407 g/mol. The van der Waals surface area contributed by atoms with Crippen molar-refractivity contribution in [3.05, 3.63) is 71.6 Å². The van der Waals surface area contributed by atoms with E-state index >= 15 is 0 Å². The van der Waals surface area contributed by atoms with E-state index in [1.165, 1.54) is 16.7 Å². The van der Waals surface area contributed by atoms with Gasteiger partial charge in [0.2, 0.25) is 0 Å². The van der Waals surface area contributed by atoms with Crippen LogP contribution < -0.4 is 5.32 Å². The zero-order valence-corrected chi connectivity index (χ0v) is 18.7. The van der Waals surface area contributed by atoms with E-state index in [4.69, 9.17) is 4.99 Å². The van der Waals surface area contributed by atoms with Crippen molar-refractivity contribution in [2.75, 3.05) is 13.6 Å². The minimum atomic E-state index is 0.398. The summed E-state index contributed by atoms with van der Waals surface area (Å²) >= 11 is 0. The Kier molecular flexibility index (Phi) is 7.27. The molecule has 3 rings (SSSR count). The van der Waals surface area contributed by atoms with Crippen LogP contribution in [0.2, 0.25) is 0 Å². The fourth-order valence-corrected chi connectivity index (χ4v) is 3.47.